The highest BCUT2D eigenvalue weighted by atomic mass is 16.6. The lowest BCUT2D eigenvalue weighted by molar-refractivity contribution is 0.182. The third-order valence-corrected chi connectivity index (χ3v) is 6.65. The summed E-state index contributed by atoms with van der Waals surface area (Å²) in [4.78, 5) is 15.0. The molecule has 0 radical (unpaired) electrons. The largest absolute Gasteiger partial charge is 0.494 e. The molecule has 2 aromatic carbocycles. The van der Waals surface area contributed by atoms with Crippen molar-refractivity contribution >= 4 is 11.8 Å². The quantitative estimate of drug-likeness (QED) is 0.625. The Morgan fingerprint density at radius 1 is 1.00 bits per heavy atom. The van der Waals surface area contributed by atoms with Crippen LogP contribution in [0.3, 0.4) is 0 Å². The molecule has 1 aliphatic carbocycles. The van der Waals surface area contributed by atoms with E-state index in [2.05, 4.69) is 21.6 Å². The van der Waals surface area contributed by atoms with Crippen LogP contribution in [0.4, 0.5) is 10.5 Å². The van der Waals surface area contributed by atoms with Crippen molar-refractivity contribution in [3.8, 4) is 17.6 Å². The van der Waals surface area contributed by atoms with Gasteiger partial charge >= 0.3 is 6.09 Å². The van der Waals surface area contributed by atoms with E-state index in [0.717, 1.165) is 63.1 Å². The third-order valence-electron chi connectivity index (χ3n) is 6.65. The number of anilines is 1. The zero-order valence-electron chi connectivity index (χ0n) is 19.8. The first kappa shape index (κ1) is 23.9. The van der Waals surface area contributed by atoms with Crippen LogP contribution in [0.1, 0.15) is 51.0 Å². The summed E-state index contributed by atoms with van der Waals surface area (Å²) in [6.07, 6.45) is 6.08. The van der Waals surface area contributed by atoms with Gasteiger partial charge in [0.05, 0.1) is 18.2 Å². The molecule has 4 rings (SSSR count). The van der Waals surface area contributed by atoms with Gasteiger partial charge in [0.1, 0.15) is 11.5 Å². The predicted octanol–water partition coefficient (Wildman–Crippen LogP) is 4.62. The molecular formula is C27H34N4O3. The molecule has 0 spiro atoms. The highest BCUT2D eigenvalue weighted by Gasteiger charge is 2.30. The number of amides is 1. The van der Waals surface area contributed by atoms with Gasteiger partial charge in [-0.25, -0.2) is 4.79 Å². The van der Waals surface area contributed by atoms with E-state index in [9.17, 15) is 4.79 Å². The molecule has 2 aromatic rings. The normalized spacial score (nSPS) is 22.5. The number of nitrogens with zero attached hydrogens (tertiary/aromatic N) is 2. The van der Waals surface area contributed by atoms with Gasteiger partial charge in [-0.2, -0.15) is 5.26 Å². The van der Waals surface area contributed by atoms with Gasteiger partial charge < -0.3 is 25.0 Å². The number of piperidine rings is 1. The minimum Gasteiger partial charge on any atom is -0.494 e. The molecule has 3 atom stereocenters. The van der Waals surface area contributed by atoms with E-state index in [1.807, 2.05) is 31.2 Å². The van der Waals surface area contributed by atoms with E-state index in [-0.39, 0.29) is 12.1 Å². The maximum Gasteiger partial charge on any atom is 0.412 e. The molecule has 1 amide bonds. The maximum atomic E-state index is 12.6. The summed E-state index contributed by atoms with van der Waals surface area (Å²) in [5.74, 6) is 1.26. The lowest BCUT2D eigenvalue weighted by atomic mass is 9.89. The summed E-state index contributed by atoms with van der Waals surface area (Å²) >= 11 is 0. The fourth-order valence-corrected chi connectivity index (χ4v) is 4.96. The lowest BCUT2D eigenvalue weighted by Crippen LogP contribution is -2.57. The summed E-state index contributed by atoms with van der Waals surface area (Å²) < 4.78 is 11.0. The number of nitriles is 1. The van der Waals surface area contributed by atoms with Gasteiger partial charge in [0.15, 0.2) is 0 Å². The second kappa shape index (κ2) is 11.8. The van der Waals surface area contributed by atoms with Crippen LogP contribution in [0.5, 0.6) is 11.5 Å². The van der Waals surface area contributed by atoms with Gasteiger partial charge in [0, 0.05) is 36.9 Å². The van der Waals surface area contributed by atoms with Crippen molar-refractivity contribution in [3.63, 3.8) is 0 Å². The van der Waals surface area contributed by atoms with E-state index in [1.165, 1.54) is 0 Å². The molecule has 0 bridgehead atoms. The smallest absolute Gasteiger partial charge is 0.412 e. The Labute approximate surface area is 202 Å². The number of rotatable bonds is 7. The van der Waals surface area contributed by atoms with Crippen LogP contribution in [0.25, 0.3) is 0 Å². The number of ether oxygens (including phenoxy) is 2. The summed E-state index contributed by atoms with van der Waals surface area (Å²) in [6.45, 7) is 4.48. The molecule has 1 saturated carbocycles. The highest BCUT2D eigenvalue weighted by Crippen LogP contribution is 2.24. The minimum absolute atomic E-state index is 0.0502. The average molecular weight is 463 g/mol. The van der Waals surface area contributed by atoms with Crippen LogP contribution in [0, 0.1) is 11.3 Å². The number of carbonyl (C=O) groups excluding carboxylic acids is 1. The van der Waals surface area contributed by atoms with Crippen molar-refractivity contribution in [2.45, 2.75) is 63.6 Å². The standard InChI is InChI=1S/C27H34N4O3/c1-2-33-23-13-15-24(16-14-23)34-27(32)30-26-8-4-3-7-25(26)29-21-6-5-17-31(19-21)22-11-9-20(18-28)10-12-22/h9-16,21,25-26,29H,2-8,17,19H2,1H3,(H,30,32). The van der Waals surface area contributed by atoms with Crippen molar-refractivity contribution in [2.75, 3.05) is 24.6 Å². The second-order valence-corrected chi connectivity index (χ2v) is 9.05. The first-order valence-electron chi connectivity index (χ1n) is 12.4. The topological polar surface area (TPSA) is 86.6 Å². The molecule has 2 N–H and O–H groups in total. The van der Waals surface area contributed by atoms with Crippen LogP contribution < -0.4 is 25.0 Å². The Kier molecular flexibility index (Phi) is 8.26. The predicted molar refractivity (Wildman–Crippen MR) is 132 cm³/mol. The number of hydrogen-bond donors (Lipinski definition) is 2. The van der Waals surface area contributed by atoms with Gasteiger partial charge in [-0.1, -0.05) is 12.8 Å². The molecule has 0 aromatic heterocycles. The number of carbonyl (C=O) groups is 1. The third kappa shape index (κ3) is 6.42. The molecule has 7 nitrogen and oxygen atoms in total. The Morgan fingerprint density at radius 3 is 2.41 bits per heavy atom. The fraction of sp³-hybridized carbons (Fsp3) is 0.481. The Balaban J connectivity index is 1.31. The van der Waals surface area contributed by atoms with Crippen LogP contribution in [0.15, 0.2) is 48.5 Å². The van der Waals surface area contributed by atoms with E-state index >= 15 is 0 Å². The number of hydrogen-bond acceptors (Lipinski definition) is 6. The SMILES string of the molecule is CCOc1ccc(OC(=O)NC2CCCCC2NC2CCCN(c3ccc(C#N)cc3)C2)cc1. The summed E-state index contributed by atoms with van der Waals surface area (Å²) in [5, 5.41) is 16.0. The van der Waals surface area contributed by atoms with Gasteiger partial charge in [-0.15, -0.1) is 0 Å². The van der Waals surface area contributed by atoms with Gasteiger partial charge in [-0.3, -0.25) is 0 Å². The Morgan fingerprint density at radius 2 is 1.71 bits per heavy atom. The van der Waals surface area contributed by atoms with E-state index in [1.54, 1.807) is 24.3 Å². The van der Waals surface area contributed by atoms with E-state index < -0.39 is 6.09 Å². The summed E-state index contributed by atoms with van der Waals surface area (Å²) in [7, 11) is 0. The van der Waals surface area contributed by atoms with Crippen molar-refractivity contribution < 1.29 is 14.3 Å². The maximum absolute atomic E-state index is 12.6. The molecule has 1 aliphatic heterocycles. The summed E-state index contributed by atoms with van der Waals surface area (Å²) in [6, 6.07) is 17.8. The van der Waals surface area contributed by atoms with Crippen LogP contribution in [-0.4, -0.2) is 43.9 Å². The molecule has 2 aliphatic rings. The lowest BCUT2D eigenvalue weighted by Gasteiger charge is -2.40. The first-order valence-corrected chi connectivity index (χ1v) is 12.4. The molecule has 7 heteroatoms. The monoisotopic (exact) mass is 462 g/mol. The second-order valence-electron chi connectivity index (χ2n) is 9.05. The Bertz CT molecular complexity index is 971. The molecule has 1 heterocycles. The van der Waals surface area contributed by atoms with E-state index in [0.29, 0.717) is 24.0 Å². The zero-order valence-corrected chi connectivity index (χ0v) is 19.8. The molecule has 3 unspecified atom stereocenters. The van der Waals surface area contributed by atoms with Crippen molar-refractivity contribution in [1.29, 1.82) is 5.26 Å². The molecule has 34 heavy (non-hydrogen) atoms. The number of benzene rings is 2. The van der Waals surface area contributed by atoms with Crippen molar-refractivity contribution in [2.24, 2.45) is 0 Å². The van der Waals surface area contributed by atoms with Crippen LogP contribution >= 0.6 is 0 Å². The number of nitrogens with one attached hydrogen (secondary N) is 2. The Hall–Kier alpha value is -3.24. The van der Waals surface area contributed by atoms with Crippen LogP contribution in [0.2, 0.25) is 0 Å². The fourth-order valence-electron chi connectivity index (χ4n) is 4.96. The van der Waals surface area contributed by atoms with Gasteiger partial charge in [0.25, 0.3) is 0 Å². The summed E-state index contributed by atoms with van der Waals surface area (Å²) in [5.41, 5.74) is 1.84. The van der Waals surface area contributed by atoms with Gasteiger partial charge in [0.2, 0.25) is 0 Å². The molecule has 2 fully saturated rings. The first-order chi connectivity index (χ1) is 16.6. The van der Waals surface area contributed by atoms with Gasteiger partial charge in [-0.05, 0) is 81.1 Å². The van der Waals surface area contributed by atoms with Crippen LogP contribution in [-0.2, 0) is 0 Å². The molecule has 180 valence electrons. The molecular weight excluding hydrogens is 428 g/mol. The minimum atomic E-state index is -0.411. The van der Waals surface area contributed by atoms with E-state index in [4.69, 9.17) is 14.7 Å². The van der Waals surface area contributed by atoms with Crippen molar-refractivity contribution in [1.82, 2.24) is 10.6 Å². The highest BCUT2D eigenvalue weighted by molar-refractivity contribution is 5.70. The molecule has 1 saturated heterocycles. The zero-order chi connectivity index (χ0) is 23.8. The van der Waals surface area contributed by atoms with Crippen molar-refractivity contribution in [3.05, 3.63) is 54.1 Å². The average Bonchev–Trinajstić information content (AvgIpc) is 2.87.